The molecule has 7 aromatic rings. The molecule has 0 saturated heterocycles. The molecule has 2 aliphatic carbocycles. The van der Waals surface area contributed by atoms with Crippen molar-refractivity contribution in [3.05, 3.63) is 144 Å². The van der Waals surface area contributed by atoms with Gasteiger partial charge in [-0.1, -0.05) is 113 Å². The Morgan fingerprint density at radius 3 is 2.14 bits per heavy atom. The van der Waals surface area contributed by atoms with E-state index in [2.05, 4.69) is 148 Å². The number of hydrogen-bond acceptors (Lipinski definition) is 1. The zero-order chi connectivity index (χ0) is 29.1. The minimum absolute atomic E-state index is 0.0697. The highest BCUT2D eigenvalue weighted by Crippen LogP contribution is 2.59. The number of benzene rings is 5. The maximum Gasteiger partial charge on any atom is 0.138 e. The Hall–Kier alpha value is -4.95. The van der Waals surface area contributed by atoms with E-state index in [1.165, 1.54) is 77.4 Å². The Bertz CT molecular complexity index is 2280. The predicted molar refractivity (Wildman–Crippen MR) is 179 cm³/mol. The van der Waals surface area contributed by atoms with Gasteiger partial charge in [-0.15, -0.1) is 0 Å². The lowest BCUT2D eigenvalue weighted by Gasteiger charge is -2.26. The molecule has 0 atom stereocenters. The molecule has 2 heterocycles. The summed E-state index contributed by atoms with van der Waals surface area (Å²) < 4.78 is 2.36. The molecule has 0 bridgehead atoms. The van der Waals surface area contributed by atoms with E-state index in [4.69, 9.17) is 4.98 Å². The molecule has 0 spiro atoms. The van der Waals surface area contributed by atoms with Crippen LogP contribution in [-0.2, 0) is 10.8 Å². The smallest absolute Gasteiger partial charge is 0.138 e. The normalized spacial score (nSPS) is 15.3. The summed E-state index contributed by atoms with van der Waals surface area (Å²) in [5.41, 5.74) is 15.8. The Labute approximate surface area is 252 Å². The lowest BCUT2D eigenvalue weighted by molar-refractivity contribution is 0.648. The summed E-state index contributed by atoms with van der Waals surface area (Å²) in [7, 11) is 0. The standard InChI is InChI=1S/C41H32N2/c1-40(2)33-19-18-29-27-14-8-10-16-32(27)41(3,4)39(29)38(33)31-23-30-28-15-9-11-17-35(28)43(36(30)24-34(31)40)37-22-26(20-21-42-37)25-12-6-5-7-13-25/h5-24H,1-4H3. The van der Waals surface area contributed by atoms with Crippen molar-refractivity contribution in [1.82, 2.24) is 9.55 Å². The first kappa shape index (κ1) is 24.6. The summed E-state index contributed by atoms with van der Waals surface area (Å²) in [5, 5.41) is 2.53. The number of pyridine rings is 1. The van der Waals surface area contributed by atoms with Gasteiger partial charge < -0.3 is 0 Å². The number of fused-ring (bicyclic) bond motifs is 10. The molecule has 0 unspecified atom stereocenters. The second-order valence-corrected chi connectivity index (χ2v) is 13.2. The SMILES string of the molecule is CC1(C)c2cc3c(cc2-c2c1ccc1c2C(C)(C)c2ccccc2-1)c1ccccc1n3-c1cc(-c2ccccc2)ccn1. The number of aromatic nitrogens is 2. The summed E-state index contributed by atoms with van der Waals surface area (Å²) in [6.45, 7) is 9.59. The van der Waals surface area contributed by atoms with Gasteiger partial charge in [0.1, 0.15) is 5.82 Å². The van der Waals surface area contributed by atoms with Gasteiger partial charge in [0.05, 0.1) is 11.0 Å². The average molecular weight is 553 g/mol. The lowest BCUT2D eigenvalue weighted by Crippen LogP contribution is -2.18. The van der Waals surface area contributed by atoms with Crippen molar-refractivity contribution < 1.29 is 0 Å². The van der Waals surface area contributed by atoms with Crippen molar-refractivity contribution in [1.29, 1.82) is 0 Å². The third kappa shape index (κ3) is 3.16. The molecule has 0 N–H and O–H groups in total. The zero-order valence-corrected chi connectivity index (χ0v) is 24.9. The van der Waals surface area contributed by atoms with Gasteiger partial charge in [0.25, 0.3) is 0 Å². The van der Waals surface area contributed by atoms with E-state index in [1.54, 1.807) is 0 Å². The van der Waals surface area contributed by atoms with Crippen molar-refractivity contribution in [3.63, 3.8) is 0 Å². The van der Waals surface area contributed by atoms with E-state index in [-0.39, 0.29) is 10.8 Å². The summed E-state index contributed by atoms with van der Waals surface area (Å²) in [5.74, 6) is 0.943. The molecule has 5 aromatic carbocycles. The molecule has 2 aromatic heterocycles. The van der Waals surface area contributed by atoms with Gasteiger partial charge in [0.2, 0.25) is 0 Å². The number of rotatable bonds is 2. The van der Waals surface area contributed by atoms with E-state index < -0.39 is 0 Å². The summed E-state index contributed by atoms with van der Waals surface area (Å²) in [6, 6.07) is 42.4. The third-order valence-electron chi connectivity index (χ3n) is 10.2. The lowest BCUT2D eigenvalue weighted by atomic mass is 9.77. The quantitative estimate of drug-likeness (QED) is 0.209. The summed E-state index contributed by atoms with van der Waals surface area (Å²) >= 11 is 0. The van der Waals surface area contributed by atoms with E-state index in [0.29, 0.717) is 0 Å². The van der Waals surface area contributed by atoms with Crippen LogP contribution in [0.15, 0.2) is 121 Å². The fraction of sp³-hybridized carbons (Fsp3) is 0.146. The van der Waals surface area contributed by atoms with Crippen molar-refractivity contribution in [2.75, 3.05) is 0 Å². The Kier molecular flexibility index (Phi) is 4.77. The molecule has 0 radical (unpaired) electrons. The van der Waals surface area contributed by atoms with Crippen molar-refractivity contribution >= 4 is 21.8 Å². The van der Waals surface area contributed by atoms with E-state index >= 15 is 0 Å². The monoisotopic (exact) mass is 552 g/mol. The van der Waals surface area contributed by atoms with E-state index in [9.17, 15) is 0 Å². The van der Waals surface area contributed by atoms with Crippen LogP contribution < -0.4 is 0 Å². The van der Waals surface area contributed by atoms with Gasteiger partial charge in [-0.05, 0) is 86.0 Å². The van der Waals surface area contributed by atoms with Gasteiger partial charge in [0.15, 0.2) is 0 Å². The van der Waals surface area contributed by atoms with Gasteiger partial charge in [0, 0.05) is 27.8 Å². The molecule has 2 nitrogen and oxygen atoms in total. The fourth-order valence-electron chi connectivity index (χ4n) is 8.16. The van der Waals surface area contributed by atoms with Crippen LogP contribution in [0.25, 0.3) is 61.0 Å². The van der Waals surface area contributed by atoms with Crippen LogP contribution in [0.5, 0.6) is 0 Å². The topological polar surface area (TPSA) is 17.8 Å². The van der Waals surface area contributed by atoms with E-state index in [0.717, 1.165) is 5.82 Å². The van der Waals surface area contributed by atoms with Gasteiger partial charge in [-0.2, -0.15) is 0 Å². The fourth-order valence-corrected chi connectivity index (χ4v) is 8.16. The second kappa shape index (κ2) is 8.33. The third-order valence-corrected chi connectivity index (χ3v) is 10.2. The van der Waals surface area contributed by atoms with Crippen LogP contribution in [0.2, 0.25) is 0 Å². The van der Waals surface area contributed by atoms with E-state index in [1.807, 2.05) is 6.20 Å². The molecular formula is C41H32N2. The van der Waals surface area contributed by atoms with Crippen LogP contribution in [0.4, 0.5) is 0 Å². The number of para-hydroxylation sites is 1. The first-order chi connectivity index (χ1) is 20.9. The molecule has 206 valence electrons. The van der Waals surface area contributed by atoms with Crippen molar-refractivity contribution in [2.24, 2.45) is 0 Å². The highest BCUT2D eigenvalue weighted by Gasteiger charge is 2.44. The highest BCUT2D eigenvalue weighted by atomic mass is 15.1. The van der Waals surface area contributed by atoms with Crippen LogP contribution in [0, 0.1) is 0 Å². The summed E-state index contributed by atoms with van der Waals surface area (Å²) in [6.07, 6.45) is 1.94. The molecule has 0 aliphatic heterocycles. The Morgan fingerprint density at radius 1 is 0.512 bits per heavy atom. The largest absolute Gasteiger partial charge is 0.294 e. The maximum atomic E-state index is 4.93. The Morgan fingerprint density at radius 2 is 1.28 bits per heavy atom. The van der Waals surface area contributed by atoms with Crippen molar-refractivity contribution in [2.45, 2.75) is 38.5 Å². The first-order valence-corrected chi connectivity index (χ1v) is 15.2. The molecule has 2 heteroatoms. The van der Waals surface area contributed by atoms with Gasteiger partial charge in [-0.3, -0.25) is 4.57 Å². The minimum atomic E-state index is -0.126. The molecule has 0 fully saturated rings. The maximum absolute atomic E-state index is 4.93. The first-order valence-electron chi connectivity index (χ1n) is 15.2. The number of hydrogen-bond donors (Lipinski definition) is 0. The predicted octanol–water partition coefficient (Wildman–Crippen LogP) is 10.5. The second-order valence-electron chi connectivity index (χ2n) is 13.2. The minimum Gasteiger partial charge on any atom is -0.294 e. The van der Waals surface area contributed by atoms with Crippen LogP contribution in [0.3, 0.4) is 0 Å². The molecule has 9 rings (SSSR count). The molecule has 43 heavy (non-hydrogen) atoms. The van der Waals surface area contributed by atoms with Crippen LogP contribution in [-0.4, -0.2) is 9.55 Å². The van der Waals surface area contributed by atoms with Crippen LogP contribution in [0.1, 0.15) is 49.9 Å². The summed E-state index contributed by atoms with van der Waals surface area (Å²) in [4.78, 5) is 4.93. The molecule has 0 amide bonds. The zero-order valence-electron chi connectivity index (χ0n) is 24.9. The van der Waals surface area contributed by atoms with Crippen LogP contribution >= 0.6 is 0 Å². The molecular weight excluding hydrogens is 520 g/mol. The average Bonchev–Trinajstić information content (AvgIpc) is 3.57. The Balaban J connectivity index is 1.35. The van der Waals surface area contributed by atoms with Crippen molar-refractivity contribution in [3.8, 4) is 39.2 Å². The highest BCUT2D eigenvalue weighted by molar-refractivity contribution is 6.12. The molecule has 0 saturated carbocycles. The molecule has 2 aliphatic rings. The number of nitrogens with zero attached hydrogens (tertiary/aromatic N) is 2. The van der Waals surface area contributed by atoms with Gasteiger partial charge in [-0.25, -0.2) is 4.98 Å². The van der Waals surface area contributed by atoms with Gasteiger partial charge >= 0.3 is 0 Å².